The van der Waals surface area contributed by atoms with E-state index in [9.17, 15) is 9.90 Å². The van der Waals surface area contributed by atoms with Gasteiger partial charge in [0.1, 0.15) is 17.2 Å². The molecule has 0 aliphatic carbocycles. The summed E-state index contributed by atoms with van der Waals surface area (Å²) in [5.41, 5.74) is 3.17. The van der Waals surface area contributed by atoms with E-state index in [4.69, 9.17) is 4.74 Å². The number of rotatable bonds is 5. The lowest BCUT2D eigenvalue weighted by Gasteiger charge is -2.06. The number of hydrogen-bond acceptors (Lipinski definition) is 8. The van der Waals surface area contributed by atoms with Crippen molar-refractivity contribution in [3.8, 4) is 0 Å². The monoisotopic (exact) mass is 410 g/mol. The number of carbonyl (C=O) groups excluding carboxylic acids is 1. The van der Waals surface area contributed by atoms with Gasteiger partial charge in [-0.25, -0.2) is 19.3 Å². The Morgan fingerprint density at radius 1 is 1.24 bits per heavy atom. The predicted octanol–water partition coefficient (Wildman–Crippen LogP) is 2.85. The highest BCUT2D eigenvalue weighted by atomic mass is 32.2. The summed E-state index contributed by atoms with van der Waals surface area (Å²) in [7, 11) is 1.26. The molecule has 4 rings (SSSR count). The highest BCUT2D eigenvalue weighted by Gasteiger charge is 2.22. The minimum atomic E-state index is -0.682. The standard InChI is InChI=1S/C19H18N6O3S/c1-10-8-11(2)25-18(20-10)23-19(24-25)29-9-14(26)15(17(27)28-3)16-21-12-6-4-5-7-13(12)22-16/h4-8,26H,9H2,1-3H3,(H,21,22). The molecule has 0 aliphatic heterocycles. The van der Waals surface area contributed by atoms with Gasteiger partial charge in [-0.1, -0.05) is 23.9 Å². The molecule has 3 heterocycles. The molecule has 0 atom stereocenters. The van der Waals surface area contributed by atoms with Crippen molar-refractivity contribution in [3.05, 3.63) is 53.3 Å². The number of benzene rings is 1. The fourth-order valence-electron chi connectivity index (χ4n) is 2.94. The molecule has 4 aromatic rings. The van der Waals surface area contributed by atoms with E-state index < -0.39 is 5.97 Å². The number of aliphatic hydroxyl groups is 1. The van der Waals surface area contributed by atoms with Crippen LogP contribution in [0.3, 0.4) is 0 Å². The summed E-state index contributed by atoms with van der Waals surface area (Å²) >= 11 is 1.19. The molecule has 29 heavy (non-hydrogen) atoms. The Morgan fingerprint density at radius 3 is 2.79 bits per heavy atom. The number of aromatic nitrogens is 6. The lowest BCUT2D eigenvalue weighted by atomic mass is 10.2. The normalized spacial score (nSPS) is 12.4. The third kappa shape index (κ3) is 3.66. The maximum absolute atomic E-state index is 12.3. The van der Waals surface area contributed by atoms with Crippen LogP contribution < -0.4 is 0 Å². The molecule has 3 aromatic heterocycles. The van der Waals surface area contributed by atoms with Gasteiger partial charge < -0.3 is 14.8 Å². The molecule has 0 saturated heterocycles. The number of methoxy groups -OCH3 is 1. The SMILES string of the molecule is COC(=O)C(=C(O)CSc1nc2nc(C)cc(C)n2n1)c1nc2ccccc2[nH]1. The van der Waals surface area contributed by atoms with Crippen LogP contribution in [0.15, 0.2) is 41.2 Å². The van der Waals surface area contributed by atoms with E-state index in [1.807, 2.05) is 44.2 Å². The predicted molar refractivity (Wildman–Crippen MR) is 109 cm³/mol. The Labute approximate surface area is 169 Å². The van der Waals surface area contributed by atoms with Gasteiger partial charge in [-0.15, -0.1) is 5.10 Å². The van der Waals surface area contributed by atoms with Crippen molar-refractivity contribution in [1.82, 2.24) is 29.5 Å². The molecular weight excluding hydrogens is 392 g/mol. The number of thioether (sulfide) groups is 1. The number of nitrogens with zero attached hydrogens (tertiary/aromatic N) is 5. The maximum atomic E-state index is 12.3. The number of aromatic amines is 1. The first-order chi connectivity index (χ1) is 14.0. The van der Waals surface area contributed by atoms with Gasteiger partial charge in [0.05, 0.1) is 23.9 Å². The molecule has 0 unspecified atom stereocenters. The third-order valence-corrected chi connectivity index (χ3v) is 5.09. The van der Waals surface area contributed by atoms with Crippen LogP contribution in [0, 0.1) is 13.8 Å². The molecular formula is C19H18N6O3S. The largest absolute Gasteiger partial charge is 0.510 e. The molecule has 0 saturated carbocycles. The van der Waals surface area contributed by atoms with Gasteiger partial charge in [0.15, 0.2) is 0 Å². The lowest BCUT2D eigenvalue weighted by Crippen LogP contribution is -2.09. The first-order valence-electron chi connectivity index (χ1n) is 8.75. The van der Waals surface area contributed by atoms with Crippen LogP contribution in [0.2, 0.25) is 0 Å². The molecule has 148 valence electrons. The summed E-state index contributed by atoms with van der Waals surface area (Å²) < 4.78 is 6.48. The fraction of sp³-hybridized carbons (Fsp3) is 0.211. The molecule has 9 nitrogen and oxygen atoms in total. The summed E-state index contributed by atoms with van der Waals surface area (Å²) in [5, 5.41) is 15.5. The molecule has 0 fully saturated rings. The molecule has 10 heteroatoms. The molecule has 2 N–H and O–H groups in total. The zero-order valence-electron chi connectivity index (χ0n) is 16.0. The number of imidazole rings is 1. The van der Waals surface area contributed by atoms with Gasteiger partial charge >= 0.3 is 5.97 Å². The number of para-hydroxylation sites is 2. The highest BCUT2D eigenvalue weighted by Crippen LogP contribution is 2.24. The number of esters is 1. The zero-order valence-corrected chi connectivity index (χ0v) is 16.8. The second-order valence-electron chi connectivity index (χ2n) is 6.35. The van der Waals surface area contributed by atoms with Gasteiger partial charge in [-0.2, -0.15) is 4.98 Å². The number of H-pyrrole nitrogens is 1. The van der Waals surface area contributed by atoms with E-state index in [-0.39, 0.29) is 22.9 Å². The summed E-state index contributed by atoms with van der Waals surface area (Å²) in [4.78, 5) is 28.5. The Hall–Kier alpha value is -3.40. The molecule has 0 spiro atoms. The van der Waals surface area contributed by atoms with E-state index >= 15 is 0 Å². The first kappa shape index (κ1) is 18.9. The summed E-state index contributed by atoms with van der Waals surface area (Å²) in [6.07, 6.45) is 0. The van der Waals surface area contributed by atoms with Crippen molar-refractivity contribution in [3.63, 3.8) is 0 Å². The van der Waals surface area contributed by atoms with Crippen molar-refractivity contribution in [2.24, 2.45) is 0 Å². The summed E-state index contributed by atoms with van der Waals surface area (Å²) in [6, 6.07) is 9.26. The van der Waals surface area contributed by atoms with E-state index in [2.05, 4.69) is 25.0 Å². The van der Waals surface area contributed by atoms with Crippen LogP contribution >= 0.6 is 11.8 Å². The molecule has 1 aromatic carbocycles. The fourth-order valence-corrected chi connectivity index (χ4v) is 3.63. The number of aryl methyl sites for hydroxylation is 2. The number of ether oxygens (including phenoxy) is 1. The van der Waals surface area contributed by atoms with Gasteiger partial charge in [-0.05, 0) is 32.0 Å². The number of hydrogen-bond donors (Lipinski definition) is 2. The minimum absolute atomic E-state index is 0.0230. The summed E-state index contributed by atoms with van der Waals surface area (Å²) in [6.45, 7) is 3.80. The van der Waals surface area contributed by atoms with E-state index in [0.29, 0.717) is 16.5 Å². The summed E-state index contributed by atoms with van der Waals surface area (Å²) in [5.74, 6) is -0.0683. The van der Waals surface area contributed by atoms with Crippen molar-refractivity contribution >= 4 is 40.1 Å². The van der Waals surface area contributed by atoms with Gasteiger partial charge in [-0.3, -0.25) is 0 Å². The lowest BCUT2D eigenvalue weighted by molar-refractivity contribution is -0.133. The highest BCUT2D eigenvalue weighted by molar-refractivity contribution is 7.99. The molecule has 0 radical (unpaired) electrons. The van der Waals surface area contributed by atoms with Crippen LogP contribution in [-0.2, 0) is 9.53 Å². The van der Waals surface area contributed by atoms with Crippen molar-refractivity contribution in [2.45, 2.75) is 19.0 Å². The van der Waals surface area contributed by atoms with E-state index in [0.717, 1.165) is 16.9 Å². The van der Waals surface area contributed by atoms with Crippen LogP contribution in [-0.4, -0.2) is 53.5 Å². The van der Waals surface area contributed by atoms with E-state index in [1.54, 1.807) is 4.52 Å². The van der Waals surface area contributed by atoms with Crippen molar-refractivity contribution in [2.75, 3.05) is 12.9 Å². The van der Waals surface area contributed by atoms with Crippen molar-refractivity contribution in [1.29, 1.82) is 0 Å². The second-order valence-corrected chi connectivity index (χ2v) is 7.29. The second kappa shape index (κ2) is 7.55. The minimum Gasteiger partial charge on any atom is -0.510 e. The van der Waals surface area contributed by atoms with Gasteiger partial charge in [0.25, 0.3) is 5.78 Å². The quantitative estimate of drug-likeness (QED) is 0.223. The number of carbonyl (C=O) groups is 1. The van der Waals surface area contributed by atoms with Crippen LogP contribution in [0.1, 0.15) is 17.2 Å². The van der Waals surface area contributed by atoms with Crippen molar-refractivity contribution < 1.29 is 14.6 Å². The topological polar surface area (TPSA) is 118 Å². The van der Waals surface area contributed by atoms with Crippen LogP contribution in [0.4, 0.5) is 0 Å². The Kier molecular flexibility index (Phi) is 4.93. The average molecular weight is 410 g/mol. The number of fused-ring (bicyclic) bond motifs is 2. The smallest absolute Gasteiger partial charge is 0.345 e. The Balaban J connectivity index is 1.65. The number of aliphatic hydroxyl groups excluding tert-OH is 1. The Bertz CT molecular complexity index is 1230. The third-order valence-electron chi connectivity index (χ3n) is 4.24. The first-order valence-corrected chi connectivity index (χ1v) is 9.74. The molecule has 0 bridgehead atoms. The van der Waals surface area contributed by atoms with Crippen LogP contribution in [0.5, 0.6) is 0 Å². The van der Waals surface area contributed by atoms with E-state index in [1.165, 1.54) is 18.9 Å². The molecule has 0 amide bonds. The Morgan fingerprint density at radius 2 is 2.03 bits per heavy atom. The zero-order chi connectivity index (χ0) is 20.5. The number of nitrogens with one attached hydrogen (secondary N) is 1. The van der Waals surface area contributed by atoms with Gasteiger partial charge in [0.2, 0.25) is 5.16 Å². The van der Waals surface area contributed by atoms with Crippen LogP contribution in [0.25, 0.3) is 22.4 Å². The molecule has 0 aliphatic rings. The maximum Gasteiger partial charge on any atom is 0.345 e. The average Bonchev–Trinajstić information content (AvgIpc) is 3.30. The van der Waals surface area contributed by atoms with Gasteiger partial charge in [0, 0.05) is 11.4 Å².